The Balaban J connectivity index is 1.59. The number of esters is 1. The van der Waals surface area contributed by atoms with Gasteiger partial charge in [0, 0.05) is 16.1 Å². The van der Waals surface area contributed by atoms with Crippen LogP contribution in [0.25, 0.3) is 11.3 Å². The Morgan fingerprint density at radius 1 is 1.18 bits per heavy atom. The predicted octanol–water partition coefficient (Wildman–Crippen LogP) is 4.36. The zero-order chi connectivity index (χ0) is 24.4. The summed E-state index contributed by atoms with van der Waals surface area (Å²) < 4.78 is 10.6. The molecule has 34 heavy (non-hydrogen) atoms. The summed E-state index contributed by atoms with van der Waals surface area (Å²) in [5.74, 6) is -0.544. The molecule has 0 fully saturated rings. The Labute approximate surface area is 201 Å². The number of amides is 2. The molecule has 0 saturated heterocycles. The molecule has 9 heteroatoms. The van der Waals surface area contributed by atoms with E-state index in [1.807, 2.05) is 39.0 Å². The molecule has 0 bridgehead atoms. The van der Waals surface area contributed by atoms with Crippen LogP contribution in [0.5, 0.6) is 5.75 Å². The Hall–Kier alpha value is -3.72. The van der Waals surface area contributed by atoms with Crippen molar-refractivity contribution >= 4 is 40.5 Å². The Morgan fingerprint density at radius 2 is 1.91 bits per heavy atom. The second kappa shape index (κ2) is 9.64. The van der Waals surface area contributed by atoms with Gasteiger partial charge >= 0.3 is 5.97 Å². The molecule has 1 unspecified atom stereocenters. The summed E-state index contributed by atoms with van der Waals surface area (Å²) in [6.07, 6.45) is -0.175. The lowest BCUT2D eigenvalue weighted by molar-refractivity contribution is -0.128. The molecule has 1 aliphatic heterocycles. The second-order valence-electron chi connectivity index (χ2n) is 7.88. The molecule has 1 aliphatic rings. The van der Waals surface area contributed by atoms with Gasteiger partial charge in [-0.1, -0.05) is 6.92 Å². The van der Waals surface area contributed by atoms with Crippen molar-refractivity contribution in [3.8, 4) is 17.0 Å². The molecule has 4 rings (SSSR count). The van der Waals surface area contributed by atoms with Crippen LogP contribution in [0, 0.1) is 13.8 Å². The van der Waals surface area contributed by atoms with E-state index in [0.717, 1.165) is 21.1 Å². The molecular formula is C25H25N3O5S. The molecule has 176 valence electrons. The molecule has 0 radical (unpaired) electrons. The van der Waals surface area contributed by atoms with Gasteiger partial charge in [-0.25, -0.2) is 9.78 Å². The smallest absolute Gasteiger partial charge is 0.337 e. The van der Waals surface area contributed by atoms with Crippen LogP contribution in [-0.4, -0.2) is 42.5 Å². The third kappa shape index (κ3) is 4.65. The topological polar surface area (TPSA) is 97.8 Å². The van der Waals surface area contributed by atoms with E-state index >= 15 is 0 Å². The first-order valence-corrected chi connectivity index (χ1v) is 11.7. The largest absolute Gasteiger partial charge is 0.478 e. The summed E-state index contributed by atoms with van der Waals surface area (Å²) in [4.78, 5) is 44.8. The van der Waals surface area contributed by atoms with E-state index in [9.17, 15) is 14.4 Å². The predicted molar refractivity (Wildman–Crippen MR) is 130 cm³/mol. The van der Waals surface area contributed by atoms with Crippen molar-refractivity contribution in [3.05, 3.63) is 57.9 Å². The molecule has 8 nitrogen and oxygen atoms in total. The van der Waals surface area contributed by atoms with Crippen molar-refractivity contribution in [1.82, 2.24) is 4.98 Å². The summed E-state index contributed by atoms with van der Waals surface area (Å²) in [5, 5.41) is 3.74. The van der Waals surface area contributed by atoms with Crippen molar-refractivity contribution in [1.29, 1.82) is 0 Å². The zero-order valence-corrected chi connectivity index (χ0v) is 20.2. The van der Waals surface area contributed by atoms with Crippen LogP contribution in [-0.2, 0) is 14.3 Å². The number of aromatic nitrogens is 1. The van der Waals surface area contributed by atoms with Crippen LogP contribution in [0.15, 0.2) is 42.5 Å². The van der Waals surface area contributed by atoms with Crippen molar-refractivity contribution in [3.63, 3.8) is 0 Å². The fourth-order valence-corrected chi connectivity index (χ4v) is 4.68. The van der Waals surface area contributed by atoms with Crippen molar-refractivity contribution in [2.24, 2.45) is 0 Å². The average molecular weight is 480 g/mol. The fourth-order valence-electron chi connectivity index (χ4n) is 3.84. The number of carbonyl (C=O) groups excluding carboxylic acids is 3. The lowest BCUT2D eigenvalue weighted by atomic mass is 10.1. The van der Waals surface area contributed by atoms with Crippen LogP contribution in [0.2, 0.25) is 0 Å². The minimum Gasteiger partial charge on any atom is -0.478 e. The van der Waals surface area contributed by atoms with Gasteiger partial charge in [-0.3, -0.25) is 14.5 Å². The summed E-state index contributed by atoms with van der Waals surface area (Å²) >= 11 is 1.61. The molecule has 0 aliphatic carbocycles. The van der Waals surface area contributed by atoms with Gasteiger partial charge in [0.05, 0.1) is 29.1 Å². The minimum absolute atomic E-state index is 0.178. The monoisotopic (exact) mass is 479 g/mol. The van der Waals surface area contributed by atoms with Gasteiger partial charge in [0.15, 0.2) is 6.10 Å². The molecular weight excluding hydrogens is 454 g/mol. The van der Waals surface area contributed by atoms with Gasteiger partial charge in [0.25, 0.3) is 5.91 Å². The van der Waals surface area contributed by atoms with E-state index in [2.05, 4.69) is 15.0 Å². The van der Waals surface area contributed by atoms with Crippen molar-refractivity contribution in [2.45, 2.75) is 33.3 Å². The average Bonchev–Trinajstić information content (AvgIpc) is 3.18. The maximum Gasteiger partial charge on any atom is 0.337 e. The van der Waals surface area contributed by atoms with E-state index in [0.29, 0.717) is 29.1 Å². The van der Waals surface area contributed by atoms with Crippen molar-refractivity contribution in [2.75, 3.05) is 23.9 Å². The number of nitrogens with zero attached hydrogens (tertiary/aromatic N) is 2. The van der Waals surface area contributed by atoms with Gasteiger partial charge in [0.2, 0.25) is 5.91 Å². The van der Waals surface area contributed by atoms with Crippen LogP contribution < -0.4 is 15.0 Å². The first kappa shape index (κ1) is 23.4. The number of ether oxygens (including phenoxy) is 2. The van der Waals surface area contributed by atoms with Gasteiger partial charge in [-0.05, 0) is 62.7 Å². The number of carbonyl (C=O) groups is 3. The normalized spacial score (nSPS) is 14.9. The number of rotatable bonds is 6. The number of methoxy groups -OCH3 is 1. The zero-order valence-electron chi connectivity index (χ0n) is 19.4. The highest BCUT2D eigenvalue weighted by Gasteiger charge is 2.35. The SMILES string of the molecule is CCC1Oc2ccc(-c3nc(C)sc3C)cc2N(CC(=O)Nc2ccc(C(=O)OC)cc2)C1=O. The quantitative estimate of drug-likeness (QED) is 0.528. The highest BCUT2D eigenvalue weighted by atomic mass is 32.1. The van der Waals surface area contributed by atoms with Gasteiger partial charge < -0.3 is 14.8 Å². The van der Waals surface area contributed by atoms with E-state index in [1.54, 1.807) is 35.6 Å². The van der Waals surface area contributed by atoms with E-state index in [-0.39, 0.29) is 18.4 Å². The number of fused-ring (bicyclic) bond motifs is 1. The van der Waals surface area contributed by atoms with E-state index in [4.69, 9.17) is 4.74 Å². The van der Waals surface area contributed by atoms with Crippen LogP contribution in [0.4, 0.5) is 11.4 Å². The molecule has 2 aromatic carbocycles. The highest BCUT2D eigenvalue weighted by Crippen LogP contribution is 2.39. The van der Waals surface area contributed by atoms with E-state index in [1.165, 1.54) is 12.0 Å². The first-order valence-electron chi connectivity index (χ1n) is 10.9. The van der Waals surface area contributed by atoms with Crippen LogP contribution >= 0.6 is 11.3 Å². The lowest BCUT2D eigenvalue weighted by Crippen LogP contribution is -2.48. The first-order chi connectivity index (χ1) is 16.3. The summed E-state index contributed by atoms with van der Waals surface area (Å²) in [6, 6.07) is 11.9. The minimum atomic E-state index is -0.659. The number of anilines is 2. The van der Waals surface area contributed by atoms with Crippen molar-refractivity contribution < 1.29 is 23.9 Å². The number of nitrogens with one attached hydrogen (secondary N) is 1. The number of benzene rings is 2. The molecule has 1 atom stereocenters. The van der Waals surface area contributed by atoms with Gasteiger partial charge in [0.1, 0.15) is 12.3 Å². The highest BCUT2D eigenvalue weighted by molar-refractivity contribution is 7.11. The third-order valence-electron chi connectivity index (χ3n) is 5.50. The Bertz CT molecular complexity index is 1250. The summed E-state index contributed by atoms with van der Waals surface area (Å²) in [6.45, 7) is 5.64. The Morgan fingerprint density at radius 3 is 2.53 bits per heavy atom. The van der Waals surface area contributed by atoms with Crippen LogP contribution in [0.3, 0.4) is 0 Å². The van der Waals surface area contributed by atoms with E-state index < -0.39 is 12.1 Å². The maximum atomic E-state index is 13.1. The summed E-state index contributed by atoms with van der Waals surface area (Å²) in [5.41, 5.74) is 3.13. The number of aryl methyl sites for hydroxylation is 2. The molecule has 0 saturated carbocycles. The lowest BCUT2D eigenvalue weighted by Gasteiger charge is -2.34. The number of hydrogen-bond acceptors (Lipinski definition) is 7. The molecule has 1 aromatic heterocycles. The molecule has 0 spiro atoms. The molecule has 1 N–H and O–H groups in total. The van der Waals surface area contributed by atoms with Gasteiger partial charge in [-0.15, -0.1) is 11.3 Å². The Kier molecular flexibility index (Phi) is 6.65. The molecule has 2 heterocycles. The third-order valence-corrected chi connectivity index (χ3v) is 6.39. The summed E-state index contributed by atoms with van der Waals surface area (Å²) in [7, 11) is 1.31. The maximum absolute atomic E-state index is 13.1. The second-order valence-corrected chi connectivity index (χ2v) is 9.28. The molecule has 2 amide bonds. The van der Waals surface area contributed by atoms with Crippen LogP contribution in [0.1, 0.15) is 33.6 Å². The number of hydrogen-bond donors (Lipinski definition) is 1. The standard InChI is InChI=1S/C25H25N3O5S/c1-5-20-24(30)28(13-22(29)27-18-9-6-16(7-10-18)25(31)32-4)19-12-17(8-11-21(19)33-20)23-14(2)34-15(3)26-23/h6-12,20H,5,13H2,1-4H3,(H,27,29). The fraction of sp³-hybridized carbons (Fsp3) is 0.280. The number of thiazole rings is 1. The molecule has 3 aromatic rings. The van der Waals surface area contributed by atoms with Gasteiger partial charge in [-0.2, -0.15) is 0 Å².